The number of amides is 3. The van der Waals surface area contributed by atoms with Crippen molar-refractivity contribution >= 4 is 42.3 Å². The van der Waals surface area contributed by atoms with Crippen molar-refractivity contribution in [2.24, 2.45) is 5.73 Å². The van der Waals surface area contributed by atoms with Gasteiger partial charge in [-0.25, -0.2) is 9.78 Å². The first-order valence-corrected chi connectivity index (χ1v) is 9.43. The third-order valence-electron chi connectivity index (χ3n) is 3.85. The van der Waals surface area contributed by atoms with E-state index >= 15 is 0 Å². The number of imidazole rings is 1. The number of rotatable bonds is 13. The van der Waals surface area contributed by atoms with Gasteiger partial charge in [0, 0.05) is 30.5 Å². The summed E-state index contributed by atoms with van der Waals surface area (Å²) >= 11 is 3.99. The van der Waals surface area contributed by atoms with E-state index in [0.29, 0.717) is 5.69 Å². The Hall–Kier alpha value is -3.13. The second kappa shape index (κ2) is 12.4. The van der Waals surface area contributed by atoms with Gasteiger partial charge in [-0.15, -0.1) is 0 Å². The number of carbonyl (C=O) groups excluding carboxylic acids is 3. The summed E-state index contributed by atoms with van der Waals surface area (Å²) in [5.74, 6) is -4.85. The second-order valence-electron chi connectivity index (χ2n) is 6.24. The van der Waals surface area contributed by atoms with E-state index in [1.54, 1.807) is 0 Å². The lowest BCUT2D eigenvalue weighted by atomic mass is 10.1. The summed E-state index contributed by atoms with van der Waals surface area (Å²) in [5.41, 5.74) is 6.42. The molecule has 1 aromatic rings. The molecule has 14 heteroatoms. The van der Waals surface area contributed by atoms with E-state index in [9.17, 15) is 24.0 Å². The van der Waals surface area contributed by atoms with Crippen LogP contribution in [0.2, 0.25) is 0 Å². The summed E-state index contributed by atoms with van der Waals surface area (Å²) in [5, 5.41) is 24.4. The molecule has 0 saturated carbocycles. The minimum Gasteiger partial charge on any atom is -0.481 e. The minimum absolute atomic E-state index is 0.0771. The summed E-state index contributed by atoms with van der Waals surface area (Å²) < 4.78 is 0. The average molecular weight is 444 g/mol. The van der Waals surface area contributed by atoms with Gasteiger partial charge in [-0.2, -0.15) is 12.6 Å². The van der Waals surface area contributed by atoms with E-state index in [-0.39, 0.29) is 18.6 Å². The zero-order valence-corrected chi connectivity index (χ0v) is 16.7. The van der Waals surface area contributed by atoms with E-state index < -0.39 is 60.8 Å². The fraction of sp³-hybridized carbons (Fsp3) is 0.500. The van der Waals surface area contributed by atoms with Gasteiger partial charge in [-0.05, 0) is 6.42 Å². The molecule has 3 amide bonds. The lowest BCUT2D eigenvalue weighted by Crippen LogP contribution is -2.54. The molecular formula is C16H24N6O7S. The van der Waals surface area contributed by atoms with Gasteiger partial charge in [0.2, 0.25) is 17.7 Å². The fourth-order valence-corrected chi connectivity index (χ4v) is 2.52. The lowest BCUT2D eigenvalue weighted by Gasteiger charge is -2.19. The van der Waals surface area contributed by atoms with Crippen LogP contribution in [-0.4, -0.2) is 80.3 Å². The van der Waals surface area contributed by atoms with Gasteiger partial charge in [0.05, 0.1) is 18.9 Å². The number of carboxylic acids is 2. The van der Waals surface area contributed by atoms with Crippen molar-refractivity contribution in [2.45, 2.75) is 37.4 Å². The van der Waals surface area contributed by atoms with Gasteiger partial charge < -0.3 is 36.9 Å². The molecule has 0 radical (unpaired) electrons. The molecular weight excluding hydrogens is 420 g/mol. The number of aromatic amines is 1. The molecule has 30 heavy (non-hydrogen) atoms. The van der Waals surface area contributed by atoms with Crippen LogP contribution in [0.1, 0.15) is 18.5 Å². The Kier molecular flexibility index (Phi) is 10.3. The van der Waals surface area contributed by atoms with E-state index in [2.05, 4.69) is 38.5 Å². The maximum atomic E-state index is 12.2. The monoisotopic (exact) mass is 444 g/mol. The highest BCUT2D eigenvalue weighted by Gasteiger charge is 2.25. The molecule has 0 aromatic carbocycles. The maximum absolute atomic E-state index is 12.2. The van der Waals surface area contributed by atoms with Crippen LogP contribution in [0.5, 0.6) is 0 Å². The lowest BCUT2D eigenvalue weighted by molar-refractivity contribution is -0.143. The summed E-state index contributed by atoms with van der Waals surface area (Å²) in [6.07, 6.45) is 2.35. The number of carbonyl (C=O) groups is 5. The Morgan fingerprint density at radius 2 is 1.83 bits per heavy atom. The first-order chi connectivity index (χ1) is 14.1. The van der Waals surface area contributed by atoms with Gasteiger partial charge in [0.1, 0.15) is 12.1 Å². The first-order valence-electron chi connectivity index (χ1n) is 8.79. The Morgan fingerprint density at radius 1 is 1.13 bits per heavy atom. The Morgan fingerprint density at radius 3 is 2.37 bits per heavy atom. The topological polar surface area (TPSA) is 217 Å². The molecule has 3 unspecified atom stereocenters. The van der Waals surface area contributed by atoms with Crippen LogP contribution in [-0.2, 0) is 30.4 Å². The van der Waals surface area contributed by atoms with Gasteiger partial charge >= 0.3 is 11.9 Å². The quantitative estimate of drug-likeness (QED) is 0.148. The SMILES string of the molecule is NC(Cc1cnc[nH]1)C(=O)NC(CS)C(=O)NCC(=O)NC(CCC(=O)O)C(=O)O. The predicted molar refractivity (Wildman–Crippen MR) is 105 cm³/mol. The molecule has 0 spiro atoms. The van der Waals surface area contributed by atoms with Crippen molar-refractivity contribution in [3.05, 3.63) is 18.2 Å². The molecule has 1 aromatic heterocycles. The molecule has 0 aliphatic rings. The number of aromatic nitrogens is 2. The first kappa shape index (κ1) is 24.9. The van der Waals surface area contributed by atoms with Gasteiger partial charge in [0.15, 0.2) is 0 Å². The maximum Gasteiger partial charge on any atom is 0.326 e. The van der Waals surface area contributed by atoms with Gasteiger partial charge in [-0.1, -0.05) is 0 Å². The summed E-state index contributed by atoms with van der Waals surface area (Å²) in [4.78, 5) is 64.4. The summed E-state index contributed by atoms with van der Waals surface area (Å²) in [6.45, 7) is -0.573. The average Bonchev–Trinajstić information content (AvgIpc) is 3.19. The van der Waals surface area contributed by atoms with E-state index in [0.717, 1.165) is 0 Å². The highest BCUT2D eigenvalue weighted by molar-refractivity contribution is 7.80. The van der Waals surface area contributed by atoms with Crippen LogP contribution < -0.4 is 21.7 Å². The number of carboxylic acid groups (broad SMARTS) is 2. The van der Waals surface area contributed by atoms with Crippen LogP contribution in [0.25, 0.3) is 0 Å². The number of aliphatic carboxylic acids is 2. The second-order valence-corrected chi connectivity index (χ2v) is 6.60. The van der Waals surface area contributed by atoms with Crippen LogP contribution in [0.4, 0.5) is 0 Å². The zero-order chi connectivity index (χ0) is 22.7. The fourth-order valence-electron chi connectivity index (χ4n) is 2.26. The molecule has 1 heterocycles. The van der Waals surface area contributed by atoms with Crippen LogP contribution in [0.3, 0.4) is 0 Å². The molecule has 0 aliphatic heterocycles. The van der Waals surface area contributed by atoms with Crippen molar-refractivity contribution in [3.8, 4) is 0 Å². The van der Waals surface area contributed by atoms with Crippen molar-refractivity contribution in [1.29, 1.82) is 0 Å². The molecule has 166 valence electrons. The smallest absolute Gasteiger partial charge is 0.326 e. The van der Waals surface area contributed by atoms with Crippen molar-refractivity contribution in [3.63, 3.8) is 0 Å². The summed E-state index contributed by atoms with van der Waals surface area (Å²) in [7, 11) is 0. The number of hydrogen-bond acceptors (Lipinski definition) is 8. The number of nitrogens with zero attached hydrogens (tertiary/aromatic N) is 1. The predicted octanol–water partition coefficient (Wildman–Crippen LogP) is -2.76. The number of nitrogens with two attached hydrogens (primary N) is 1. The molecule has 8 N–H and O–H groups in total. The Bertz CT molecular complexity index is 757. The number of hydrogen-bond donors (Lipinski definition) is 8. The Balaban J connectivity index is 2.49. The molecule has 0 aliphatic carbocycles. The highest BCUT2D eigenvalue weighted by Crippen LogP contribution is 1.99. The molecule has 3 atom stereocenters. The highest BCUT2D eigenvalue weighted by atomic mass is 32.1. The molecule has 0 fully saturated rings. The minimum atomic E-state index is -1.41. The molecule has 0 saturated heterocycles. The number of nitrogens with one attached hydrogen (secondary N) is 4. The standard InChI is InChI=1S/C16H24N6O7S/c17-9(3-8-4-18-7-20-8)14(26)22-11(6-30)15(27)19-5-12(23)21-10(16(28)29)1-2-13(24)25/h4,7,9-11,30H,1-3,5-6,17H2,(H,18,20)(H,19,27)(H,21,23)(H,22,26)(H,24,25)(H,28,29). The van der Waals surface area contributed by atoms with Gasteiger partial charge in [-0.3, -0.25) is 19.2 Å². The number of H-pyrrole nitrogens is 1. The third-order valence-corrected chi connectivity index (χ3v) is 4.22. The molecule has 0 bridgehead atoms. The third kappa shape index (κ3) is 8.91. The Labute approximate surface area is 176 Å². The van der Waals surface area contributed by atoms with Crippen LogP contribution in [0.15, 0.2) is 12.5 Å². The van der Waals surface area contributed by atoms with Crippen LogP contribution in [0, 0.1) is 0 Å². The van der Waals surface area contributed by atoms with Crippen molar-refractivity contribution < 1.29 is 34.2 Å². The van der Waals surface area contributed by atoms with E-state index in [4.69, 9.17) is 15.9 Å². The summed E-state index contributed by atoms with van der Waals surface area (Å²) in [6, 6.07) is -3.44. The van der Waals surface area contributed by atoms with E-state index in [1.807, 2.05) is 0 Å². The van der Waals surface area contributed by atoms with Crippen molar-refractivity contribution in [2.75, 3.05) is 12.3 Å². The van der Waals surface area contributed by atoms with E-state index in [1.165, 1.54) is 12.5 Å². The van der Waals surface area contributed by atoms with Gasteiger partial charge in [0.25, 0.3) is 0 Å². The largest absolute Gasteiger partial charge is 0.481 e. The molecule has 13 nitrogen and oxygen atoms in total. The molecule has 1 rings (SSSR count). The number of thiol groups is 1. The zero-order valence-electron chi connectivity index (χ0n) is 15.8. The van der Waals surface area contributed by atoms with Crippen LogP contribution >= 0.6 is 12.6 Å². The normalized spacial score (nSPS) is 13.5. The van der Waals surface area contributed by atoms with Crippen molar-refractivity contribution in [1.82, 2.24) is 25.9 Å².